The van der Waals surface area contributed by atoms with E-state index in [0.29, 0.717) is 28.6 Å². The van der Waals surface area contributed by atoms with E-state index in [1.807, 2.05) is 0 Å². The van der Waals surface area contributed by atoms with Crippen molar-refractivity contribution in [2.75, 3.05) is 22.0 Å². The summed E-state index contributed by atoms with van der Waals surface area (Å²) < 4.78 is 34.9. The van der Waals surface area contributed by atoms with Crippen molar-refractivity contribution < 1.29 is 22.7 Å². The van der Waals surface area contributed by atoms with E-state index in [4.69, 9.17) is 4.74 Å². The highest BCUT2D eigenvalue weighted by Gasteiger charge is 2.21. The van der Waals surface area contributed by atoms with E-state index < -0.39 is 10.0 Å². The maximum Gasteiger partial charge on any atom is 0.262 e. The lowest BCUT2D eigenvalue weighted by Crippen LogP contribution is -2.25. The van der Waals surface area contributed by atoms with Gasteiger partial charge in [0.2, 0.25) is 5.91 Å². The summed E-state index contributed by atoms with van der Waals surface area (Å²) in [5.41, 5.74) is 2.01. The van der Waals surface area contributed by atoms with Gasteiger partial charge in [0.15, 0.2) is 6.61 Å². The third-order valence-electron chi connectivity index (χ3n) is 4.39. The molecule has 3 N–H and O–H groups in total. The minimum Gasteiger partial charge on any atom is -0.482 e. The minimum atomic E-state index is -3.90. The van der Waals surface area contributed by atoms with Gasteiger partial charge in [-0.15, -0.1) is 0 Å². The van der Waals surface area contributed by atoms with Gasteiger partial charge in [0, 0.05) is 18.7 Å². The molecule has 0 radical (unpaired) electrons. The Kier molecular flexibility index (Phi) is 5.11. The number of fused-ring (bicyclic) bond motifs is 1. The molecule has 4 rings (SSSR count). The number of nitrogens with one attached hydrogen (secondary N) is 3. The second kappa shape index (κ2) is 7.76. The quantitative estimate of drug-likeness (QED) is 0.557. The molecule has 0 atom stereocenters. The second-order valence-electron chi connectivity index (χ2n) is 6.91. The average molecular weight is 441 g/mol. The van der Waals surface area contributed by atoms with Crippen LogP contribution in [0.3, 0.4) is 0 Å². The molecule has 1 aliphatic heterocycles. The summed E-state index contributed by atoms with van der Waals surface area (Å²) >= 11 is 0. The fourth-order valence-corrected chi connectivity index (χ4v) is 4.16. The van der Waals surface area contributed by atoms with E-state index in [1.54, 1.807) is 41.9 Å². The molecule has 1 aliphatic rings. The third-order valence-corrected chi connectivity index (χ3v) is 5.77. The largest absolute Gasteiger partial charge is 0.482 e. The van der Waals surface area contributed by atoms with E-state index in [0.717, 1.165) is 5.69 Å². The Morgan fingerprint density at radius 2 is 1.90 bits per heavy atom. The molecule has 2 amide bonds. The van der Waals surface area contributed by atoms with Crippen molar-refractivity contribution in [2.45, 2.75) is 18.7 Å². The molecule has 31 heavy (non-hydrogen) atoms. The van der Waals surface area contributed by atoms with Crippen LogP contribution in [-0.2, 0) is 19.6 Å². The highest BCUT2D eigenvalue weighted by molar-refractivity contribution is 7.92. The number of hydrogen-bond acceptors (Lipinski definition) is 6. The first-order chi connectivity index (χ1) is 14.7. The number of sulfonamides is 1. The lowest BCUT2D eigenvalue weighted by molar-refractivity contribution is -0.118. The molecule has 160 valence electrons. The number of aryl methyl sites for hydroxylation is 1. The third kappa shape index (κ3) is 4.36. The number of anilines is 3. The van der Waals surface area contributed by atoms with Crippen molar-refractivity contribution >= 4 is 39.0 Å². The van der Waals surface area contributed by atoms with Crippen LogP contribution in [0.5, 0.6) is 5.75 Å². The molecule has 0 spiro atoms. The van der Waals surface area contributed by atoms with Crippen molar-refractivity contribution in [3.63, 3.8) is 0 Å². The summed E-state index contributed by atoms with van der Waals surface area (Å²) in [5, 5.41) is 9.64. The number of rotatable bonds is 5. The van der Waals surface area contributed by atoms with Crippen molar-refractivity contribution in [3.05, 3.63) is 54.2 Å². The summed E-state index contributed by atoms with van der Waals surface area (Å²) in [7, 11) is -3.90. The van der Waals surface area contributed by atoms with Crippen LogP contribution in [0.15, 0.2) is 53.4 Å². The molecule has 0 fully saturated rings. The first kappa shape index (κ1) is 20.4. The Morgan fingerprint density at radius 1 is 1.16 bits per heavy atom. The van der Waals surface area contributed by atoms with Crippen LogP contribution in [0.2, 0.25) is 0 Å². The van der Waals surface area contributed by atoms with E-state index in [1.165, 1.54) is 25.1 Å². The van der Waals surface area contributed by atoms with Gasteiger partial charge in [-0.1, -0.05) is 0 Å². The number of amides is 2. The van der Waals surface area contributed by atoms with Crippen LogP contribution in [0, 0.1) is 6.92 Å². The number of aromatic nitrogens is 2. The maximum absolute atomic E-state index is 12.8. The molecule has 2 aromatic carbocycles. The monoisotopic (exact) mass is 441 g/mol. The lowest BCUT2D eigenvalue weighted by atomic mass is 10.2. The van der Waals surface area contributed by atoms with E-state index in [9.17, 15) is 18.0 Å². The fraction of sp³-hybridized carbons (Fsp3) is 0.150. The van der Waals surface area contributed by atoms with Crippen molar-refractivity contribution in [1.82, 2.24) is 9.78 Å². The molecule has 2 heterocycles. The zero-order valence-corrected chi connectivity index (χ0v) is 17.5. The van der Waals surface area contributed by atoms with Gasteiger partial charge < -0.3 is 15.4 Å². The molecule has 0 bridgehead atoms. The van der Waals surface area contributed by atoms with Gasteiger partial charge >= 0.3 is 0 Å². The molecule has 1 aromatic heterocycles. The Bertz CT molecular complexity index is 1280. The number of carbonyl (C=O) groups excluding carboxylic acids is 2. The number of nitrogens with zero attached hydrogens (tertiary/aromatic N) is 2. The van der Waals surface area contributed by atoms with Crippen LogP contribution in [0.1, 0.15) is 12.6 Å². The number of carbonyl (C=O) groups is 2. The average Bonchev–Trinajstić information content (AvgIpc) is 3.07. The van der Waals surface area contributed by atoms with E-state index in [-0.39, 0.29) is 23.3 Å². The van der Waals surface area contributed by atoms with Crippen molar-refractivity contribution in [1.29, 1.82) is 0 Å². The van der Waals surface area contributed by atoms with Gasteiger partial charge in [-0.3, -0.25) is 14.3 Å². The van der Waals surface area contributed by atoms with Crippen molar-refractivity contribution in [3.8, 4) is 11.4 Å². The van der Waals surface area contributed by atoms with Gasteiger partial charge in [-0.2, -0.15) is 5.10 Å². The Morgan fingerprint density at radius 3 is 2.61 bits per heavy atom. The first-order valence-electron chi connectivity index (χ1n) is 9.25. The topological polar surface area (TPSA) is 131 Å². The zero-order valence-electron chi connectivity index (χ0n) is 16.7. The summed E-state index contributed by atoms with van der Waals surface area (Å²) in [6.07, 6.45) is 0. The molecule has 0 aliphatic carbocycles. The highest BCUT2D eigenvalue weighted by Crippen LogP contribution is 2.31. The number of hydrogen-bond donors (Lipinski definition) is 3. The van der Waals surface area contributed by atoms with Crippen LogP contribution in [0.4, 0.5) is 17.2 Å². The summed E-state index contributed by atoms with van der Waals surface area (Å²) in [6.45, 7) is 3.10. The summed E-state index contributed by atoms with van der Waals surface area (Å²) in [4.78, 5) is 22.9. The number of benzene rings is 2. The summed E-state index contributed by atoms with van der Waals surface area (Å²) in [5.74, 6) is 0.347. The molecule has 10 nitrogen and oxygen atoms in total. The van der Waals surface area contributed by atoms with E-state index in [2.05, 4.69) is 20.5 Å². The molecule has 0 unspecified atom stereocenters. The minimum absolute atomic E-state index is 0.0169. The molecule has 0 saturated heterocycles. The number of ether oxygens (including phenoxy) is 1. The Labute approximate surface area is 178 Å². The lowest BCUT2D eigenvalue weighted by Gasteiger charge is -2.18. The fourth-order valence-electron chi connectivity index (χ4n) is 3.08. The molecular formula is C20H19N5O5S. The molecular weight excluding hydrogens is 422 g/mol. The smallest absolute Gasteiger partial charge is 0.262 e. The van der Waals surface area contributed by atoms with Crippen molar-refractivity contribution in [2.24, 2.45) is 0 Å². The van der Waals surface area contributed by atoms with Gasteiger partial charge in [-0.05, 0) is 49.4 Å². The SMILES string of the molecule is CC(=O)Nc1cc(C)nn1-c1ccc(NS(=O)(=O)c2ccc3c(c2)NC(=O)CO3)cc1. The maximum atomic E-state index is 12.8. The van der Waals surface area contributed by atoms with Gasteiger partial charge in [0.25, 0.3) is 15.9 Å². The van der Waals surface area contributed by atoms with Crippen LogP contribution in [-0.4, -0.2) is 36.6 Å². The van der Waals surface area contributed by atoms with Gasteiger partial charge in [0.1, 0.15) is 11.6 Å². The van der Waals surface area contributed by atoms with Gasteiger partial charge in [-0.25, -0.2) is 13.1 Å². The normalized spacial score (nSPS) is 13.0. The second-order valence-corrected chi connectivity index (χ2v) is 8.59. The Balaban J connectivity index is 1.56. The van der Waals surface area contributed by atoms with Crippen LogP contribution < -0.4 is 20.1 Å². The van der Waals surface area contributed by atoms with Crippen LogP contribution in [0.25, 0.3) is 5.69 Å². The molecule has 3 aromatic rings. The van der Waals surface area contributed by atoms with Crippen LogP contribution >= 0.6 is 0 Å². The Hall–Kier alpha value is -3.86. The van der Waals surface area contributed by atoms with Gasteiger partial charge in [0.05, 0.1) is 22.0 Å². The summed E-state index contributed by atoms with van der Waals surface area (Å²) in [6, 6.07) is 12.5. The predicted molar refractivity (Wildman–Crippen MR) is 114 cm³/mol. The molecule has 11 heteroatoms. The van der Waals surface area contributed by atoms with E-state index >= 15 is 0 Å². The predicted octanol–water partition coefficient (Wildman–Crippen LogP) is 2.27. The standard InChI is InChI=1S/C20H19N5O5S/c1-12-9-19(21-13(2)26)25(23-12)15-5-3-14(4-6-15)24-31(28,29)16-7-8-18-17(10-16)22-20(27)11-30-18/h3-10,24H,11H2,1-2H3,(H,21,26)(H,22,27). The first-order valence-corrected chi connectivity index (χ1v) is 10.7. The highest BCUT2D eigenvalue weighted by atomic mass is 32.2. The zero-order chi connectivity index (χ0) is 22.2. The molecule has 0 saturated carbocycles.